The minimum atomic E-state index is 0.505. The molecule has 6 nitrogen and oxygen atoms in total. The number of rotatable bonds is 11. The van der Waals surface area contributed by atoms with Crippen LogP contribution in [0.25, 0.3) is 0 Å². The van der Waals surface area contributed by atoms with Crippen molar-refractivity contribution >= 4 is 5.96 Å². The molecule has 6 heteroatoms. The Labute approximate surface area is 167 Å². The van der Waals surface area contributed by atoms with Crippen molar-refractivity contribution in [3.8, 4) is 11.5 Å². The maximum Gasteiger partial charge on any atom is 0.191 e. The topological polar surface area (TPSA) is 64.1 Å². The van der Waals surface area contributed by atoms with Gasteiger partial charge in [0.2, 0.25) is 0 Å². The summed E-state index contributed by atoms with van der Waals surface area (Å²) in [5.74, 6) is 2.23. The standard InChI is InChI=1S/C22H31N3O3/c1-4-23-22(24-13-8-14-26-2)25-16-19-11-12-20(21(15-19)27-3)28-17-18-9-6-5-7-10-18/h5-7,9-12,15H,4,8,13-14,16-17H2,1-3H3,(H2,23,24,25). The molecule has 0 saturated carbocycles. The molecule has 2 N–H and O–H groups in total. The molecule has 2 rings (SSSR count). The fraction of sp³-hybridized carbons (Fsp3) is 0.409. The number of guanidine groups is 1. The summed E-state index contributed by atoms with van der Waals surface area (Å²) in [5.41, 5.74) is 2.17. The van der Waals surface area contributed by atoms with Crippen LogP contribution >= 0.6 is 0 Å². The fourth-order valence-corrected chi connectivity index (χ4v) is 2.60. The van der Waals surface area contributed by atoms with Crippen molar-refractivity contribution in [3.05, 3.63) is 59.7 Å². The van der Waals surface area contributed by atoms with Gasteiger partial charge in [-0.05, 0) is 36.6 Å². The van der Waals surface area contributed by atoms with E-state index in [0.29, 0.717) is 18.9 Å². The van der Waals surface area contributed by atoms with Gasteiger partial charge in [0.25, 0.3) is 0 Å². The van der Waals surface area contributed by atoms with Crippen LogP contribution in [0.4, 0.5) is 0 Å². The molecule has 0 heterocycles. The summed E-state index contributed by atoms with van der Waals surface area (Å²) in [6.07, 6.45) is 0.933. The number of nitrogens with zero attached hydrogens (tertiary/aromatic N) is 1. The number of nitrogens with one attached hydrogen (secondary N) is 2. The van der Waals surface area contributed by atoms with Gasteiger partial charge in [0, 0.05) is 26.8 Å². The Bertz CT molecular complexity index is 720. The van der Waals surface area contributed by atoms with Gasteiger partial charge in [0.1, 0.15) is 6.61 Å². The lowest BCUT2D eigenvalue weighted by atomic mass is 10.2. The second-order valence-corrected chi connectivity index (χ2v) is 6.23. The largest absolute Gasteiger partial charge is 0.493 e. The Morgan fingerprint density at radius 2 is 1.79 bits per heavy atom. The fourth-order valence-electron chi connectivity index (χ4n) is 2.60. The molecule has 0 aliphatic heterocycles. The zero-order valence-corrected chi connectivity index (χ0v) is 17.0. The number of methoxy groups -OCH3 is 2. The first-order chi connectivity index (χ1) is 13.8. The molecule has 0 spiro atoms. The van der Waals surface area contributed by atoms with Gasteiger partial charge in [-0.3, -0.25) is 0 Å². The Balaban J connectivity index is 1.96. The van der Waals surface area contributed by atoms with E-state index in [2.05, 4.69) is 15.6 Å². The highest BCUT2D eigenvalue weighted by Crippen LogP contribution is 2.29. The minimum Gasteiger partial charge on any atom is -0.493 e. The molecule has 0 saturated heterocycles. The number of ether oxygens (including phenoxy) is 3. The van der Waals surface area contributed by atoms with Gasteiger partial charge in [-0.25, -0.2) is 4.99 Å². The van der Waals surface area contributed by atoms with Crippen LogP contribution in [0.1, 0.15) is 24.5 Å². The van der Waals surface area contributed by atoms with Crippen molar-refractivity contribution in [2.75, 3.05) is 33.9 Å². The van der Waals surface area contributed by atoms with Crippen LogP contribution < -0.4 is 20.1 Å². The average Bonchev–Trinajstić information content (AvgIpc) is 2.74. The number of aliphatic imine (C=N–C) groups is 1. The quantitative estimate of drug-likeness (QED) is 0.353. The van der Waals surface area contributed by atoms with E-state index in [1.807, 2.05) is 55.5 Å². The van der Waals surface area contributed by atoms with Crippen molar-refractivity contribution in [3.63, 3.8) is 0 Å². The third-order valence-electron chi connectivity index (χ3n) is 4.05. The lowest BCUT2D eigenvalue weighted by Crippen LogP contribution is -2.38. The van der Waals surface area contributed by atoms with Gasteiger partial charge in [0.15, 0.2) is 17.5 Å². The first-order valence-corrected chi connectivity index (χ1v) is 9.61. The molecule has 0 aliphatic carbocycles. The normalized spacial score (nSPS) is 11.2. The monoisotopic (exact) mass is 385 g/mol. The van der Waals surface area contributed by atoms with Crippen LogP contribution in [-0.2, 0) is 17.9 Å². The predicted molar refractivity (Wildman–Crippen MR) is 113 cm³/mol. The highest BCUT2D eigenvalue weighted by atomic mass is 16.5. The van der Waals surface area contributed by atoms with Gasteiger partial charge < -0.3 is 24.8 Å². The van der Waals surface area contributed by atoms with Crippen LogP contribution in [-0.4, -0.2) is 39.9 Å². The van der Waals surface area contributed by atoms with E-state index in [0.717, 1.165) is 49.0 Å². The van der Waals surface area contributed by atoms with Gasteiger partial charge in [-0.1, -0.05) is 36.4 Å². The molecule has 0 fully saturated rings. The van der Waals surface area contributed by atoms with Gasteiger partial charge >= 0.3 is 0 Å². The maximum atomic E-state index is 5.91. The first kappa shape index (κ1) is 21.6. The maximum absolute atomic E-state index is 5.91. The zero-order chi connectivity index (χ0) is 20.0. The SMILES string of the molecule is CCNC(=NCc1ccc(OCc2ccccc2)c(OC)c1)NCCCOC. The molecule has 152 valence electrons. The molecule has 0 aromatic heterocycles. The van der Waals surface area contributed by atoms with Gasteiger partial charge in [-0.15, -0.1) is 0 Å². The van der Waals surface area contributed by atoms with Crippen molar-refractivity contribution in [2.24, 2.45) is 4.99 Å². The Morgan fingerprint density at radius 3 is 2.50 bits per heavy atom. The van der Waals surface area contributed by atoms with E-state index in [9.17, 15) is 0 Å². The van der Waals surface area contributed by atoms with Gasteiger partial charge in [-0.2, -0.15) is 0 Å². The Hall–Kier alpha value is -2.73. The third-order valence-corrected chi connectivity index (χ3v) is 4.05. The van der Waals surface area contributed by atoms with Crippen molar-refractivity contribution in [1.29, 1.82) is 0 Å². The Morgan fingerprint density at radius 1 is 0.964 bits per heavy atom. The lowest BCUT2D eigenvalue weighted by Gasteiger charge is -2.13. The number of benzene rings is 2. The smallest absolute Gasteiger partial charge is 0.191 e. The molecule has 0 aliphatic rings. The summed E-state index contributed by atoms with van der Waals surface area (Å²) < 4.78 is 16.5. The second-order valence-electron chi connectivity index (χ2n) is 6.23. The van der Waals surface area contributed by atoms with E-state index in [-0.39, 0.29) is 0 Å². The molecule has 0 unspecified atom stereocenters. The van der Waals surface area contributed by atoms with E-state index >= 15 is 0 Å². The third kappa shape index (κ3) is 7.48. The first-order valence-electron chi connectivity index (χ1n) is 9.61. The summed E-state index contributed by atoms with van der Waals surface area (Å²) in [7, 11) is 3.36. The van der Waals surface area contributed by atoms with Crippen molar-refractivity contribution in [2.45, 2.75) is 26.5 Å². The molecular weight excluding hydrogens is 354 g/mol. The predicted octanol–water partition coefficient (Wildman–Crippen LogP) is 3.37. The summed E-state index contributed by atoms with van der Waals surface area (Å²) in [5, 5.41) is 6.56. The summed E-state index contributed by atoms with van der Waals surface area (Å²) in [4.78, 5) is 4.64. The number of hydrogen-bond acceptors (Lipinski definition) is 4. The molecule has 0 atom stereocenters. The summed E-state index contributed by atoms with van der Waals surface area (Å²) in [6, 6.07) is 16.0. The molecule has 2 aromatic rings. The summed E-state index contributed by atoms with van der Waals surface area (Å²) >= 11 is 0. The molecule has 0 radical (unpaired) electrons. The number of hydrogen-bond donors (Lipinski definition) is 2. The average molecular weight is 386 g/mol. The minimum absolute atomic E-state index is 0.505. The van der Waals surface area contributed by atoms with Crippen molar-refractivity contribution in [1.82, 2.24) is 10.6 Å². The molecule has 0 bridgehead atoms. The molecule has 28 heavy (non-hydrogen) atoms. The highest BCUT2D eigenvalue weighted by molar-refractivity contribution is 5.79. The van der Waals surface area contributed by atoms with Gasteiger partial charge in [0.05, 0.1) is 13.7 Å². The van der Waals surface area contributed by atoms with Crippen LogP contribution in [0.15, 0.2) is 53.5 Å². The highest BCUT2D eigenvalue weighted by Gasteiger charge is 2.07. The summed E-state index contributed by atoms with van der Waals surface area (Å²) in [6.45, 7) is 5.46. The van der Waals surface area contributed by atoms with Crippen LogP contribution in [0.3, 0.4) is 0 Å². The van der Waals surface area contributed by atoms with E-state index in [1.165, 1.54) is 0 Å². The molecule has 0 amide bonds. The molecule has 2 aromatic carbocycles. The molecular formula is C22H31N3O3. The van der Waals surface area contributed by atoms with Crippen LogP contribution in [0.5, 0.6) is 11.5 Å². The lowest BCUT2D eigenvalue weighted by molar-refractivity contribution is 0.195. The van der Waals surface area contributed by atoms with Crippen LogP contribution in [0.2, 0.25) is 0 Å². The zero-order valence-electron chi connectivity index (χ0n) is 17.0. The van der Waals surface area contributed by atoms with E-state index in [1.54, 1.807) is 14.2 Å². The Kier molecular flexibility index (Phi) is 9.72. The van der Waals surface area contributed by atoms with E-state index in [4.69, 9.17) is 14.2 Å². The second kappa shape index (κ2) is 12.6. The van der Waals surface area contributed by atoms with E-state index < -0.39 is 0 Å². The van der Waals surface area contributed by atoms with Crippen molar-refractivity contribution < 1.29 is 14.2 Å². The van der Waals surface area contributed by atoms with Crippen LogP contribution in [0, 0.1) is 0 Å².